The summed E-state index contributed by atoms with van der Waals surface area (Å²) in [6.07, 6.45) is 0.688. The van der Waals surface area contributed by atoms with Crippen LogP contribution in [0.2, 0.25) is 5.02 Å². The number of anilines is 1. The van der Waals surface area contributed by atoms with Crippen LogP contribution < -0.4 is 4.90 Å². The van der Waals surface area contributed by atoms with Crippen LogP contribution >= 0.6 is 11.6 Å². The standard InChI is InChI=1S/C13H14ClNO2/c1-2-15-11-4-3-8(14)5-10(11)13(12(15)17)6-9(16)7-13/h3-5,9,16H,2,6-7H2,1H3. The Labute approximate surface area is 105 Å². The Bertz CT molecular complexity index is 494. The quantitative estimate of drug-likeness (QED) is 0.830. The molecule has 1 aromatic carbocycles. The summed E-state index contributed by atoms with van der Waals surface area (Å²) in [5, 5.41) is 10.2. The molecule has 1 aliphatic heterocycles. The summed E-state index contributed by atoms with van der Waals surface area (Å²) in [4.78, 5) is 14.2. The number of amides is 1. The summed E-state index contributed by atoms with van der Waals surface area (Å²) < 4.78 is 0. The number of carbonyl (C=O) groups is 1. The molecule has 0 atom stereocenters. The number of likely N-dealkylation sites (N-methyl/N-ethyl adjacent to an activating group) is 1. The average Bonchev–Trinajstić information content (AvgIpc) is 2.49. The van der Waals surface area contributed by atoms with Gasteiger partial charge in [-0.15, -0.1) is 0 Å². The average molecular weight is 252 g/mol. The van der Waals surface area contributed by atoms with E-state index < -0.39 is 5.41 Å². The molecule has 1 aliphatic carbocycles. The number of carbonyl (C=O) groups excluding carboxylic acids is 1. The van der Waals surface area contributed by atoms with E-state index in [9.17, 15) is 9.90 Å². The predicted molar refractivity (Wildman–Crippen MR) is 66.4 cm³/mol. The van der Waals surface area contributed by atoms with Crippen LogP contribution in [0.5, 0.6) is 0 Å². The second-order valence-electron chi connectivity index (χ2n) is 4.86. The highest BCUT2D eigenvalue weighted by Gasteiger charge is 2.57. The minimum absolute atomic E-state index is 0.113. The van der Waals surface area contributed by atoms with Crippen LogP contribution in [-0.4, -0.2) is 23.7 Å². The van der Waals surface area contributed by atoms with Crippen molar-refractivity contribution < 1.29 is 9.90 Å². The SMILES string of the molecule is CCN1C(=O)C2(CC(O)C2)c2cc(Cl)ccc21. The molecule has 17 heavy (non-hydrogen) atoms. The zero-order valence-corrected chi connectivity index (χ0v) is 10.4. The van der Waals surface area contributed by atoms with Gasteiger partial charge in [0, 0.05) is 17.3 Å². The molecular formula is C13H14ClNO2. The fraction of sp³-hybridized carbons (Fsp3) is 0.462. The van der Waals surface area contributed by atoms with Crippen LogP contribution in [0.1, 0.15) is 25.3 Å². The molecule has 0 saturated heterocycles. The van der Waals surface area contributed by atoms with E-state index in [0.717, 1.165) is 11.3 Å². The maximum Gasteiger partial charge on any atom is 0.237 e. The number of hydrogen-bond donors (Lipinski definition) is 1. The van der Waals surface area contributed by atoms with E-state index in [4.69, 9.17) is 11.6 Å². The second kappa shape index (κ2) is 3.47. The van der Waals surface area contributed by atoms with Gasteiger partial charge in [-0.2, -0.15) is 0 Å². The first kappa shape index (κ1) is 11.1. The summed E-state index contributed by atoms with van der Waals surface area (Å²) >= 11 is 6.01. The third-order valence-electron chi connectivity index (χ3n) is 3.90. The minimum atomic E-state index is -0.504. The van der Waals surface area contributed by atoms with Gasteiger partial charge in [0.1, 0.15) is 0 Å². The highest BCUT2D eigenvalue weighted by Crippen LogP contribution is 2.53. The molecule has 0 radical (unpaired) electrons. The number of fused-ring (bicyclic) bond motifs is 2. The van der Waals surface area contributed by atoms with Gasteiger partial charge in [0.2, 0.25) is 5.91 Å². The van der Waals surface area contributed by atoms with E-state index >= 15 is 0 Å². The smallest absolute Gasteiger partial charge is 0.237 e. The highest BCUT2D eigenvalue weighted by atomic mass is 35.5. The minimum Gasteiger partial charge on any atom is -0.393 e. The number of rotatable bonds is 1. The van der Waals surface area contributed by atoms with E-state index in [2.05, 4.69) is 0 Å². The van der Waals surface area contributed by atoms with Crippen molar-refractivity contribution in [3.8, 4) is 0 Å². The summed E-state index contributed by atoms with van der Waals surface area (Å²) in [7, 11) is 0. The normalized spacial score (nSPS) is 30.6. The van der Waals surface area contributed by atoms with Gasteiger partial charge >= 0.3 is 0 Å². The van der Waals surface area contributed by atoms with Crippen LogP contribution in [0.3, 0.4) is 0 Å². The maximum atomic E-state index is 12.4. The number of aliphatic hydroxyl groups is 1. The Morgan fingerprint density at radius 2 is 2.24 bits per heavy atom. The Hall–Kier alpha value is -1.06. The fourth-order valence-corrected chi connectivity index (χ4v) is 3.24. The van der Waals surface area contributed by atoms with Crippen molar-refractivity contribution in [3.63, 3.8) is 0 Å². The van der Waals surface area contributed by atoms with Crippen molar-refractivity contribution in [1.29, 1.82) is 0 Å². The third-order valence-corrected chi connectivity index (χ3v) is 4.14. The zero-order chi connectivity index (χ0) is 12.2. The van der Waals surface area contributed by atoms with Gasteiger partial charge in [-0.3, -0.25) is 4.79 Å². The molecular weight excluding hydrogens is 238 g/mol. The van der Waals surface area contributed by atoms with Gasteiger partial charge in [-0.1, -0.05) is 11.6 Å². The Morgan fingerprint density at radius 1 is 1.53 bits per heavy atom. The number of nitrogens with zero attached hydrogens (tertiary/aromatic N) is 1. The van der Waals surface area contributed by atoms with Gasteiger partial charge in [0.05, 0.1) is 11.5 Å². The number of halogens is 1. The first-order chi connectivity index (χ1) is 8.08. The lowest BCUT2D eigenvalue weighted by Crippen LogP contribution is -2.51. The summed E-state index contributed by atoms with van der Waals surface area (Å²) in [5.41, 5.74) is 1.44. The van der Waals surface area contributed by atoms with E-state index in [1.807, 2.05) is 25.1 Å². The molecule has 4 heteroatoms. The van der Waals surface area contributed by atoms with Crippen LogP contribution in [0.15, 0.2) is 18.2 Å². The summed E-state index contributed by atoms with van der Waals surface area (Å²) in [6, 6.07) is 5.58. The monoisotopic (exact) mass is 251 g/mol. The fourth-order valence-electron chi connectivity index (χ4n) is 3.06. The van der Waals surface area contributed by atoms with Gasteiger partial charge in [0.15, 0.2) is 0 Å². The Morgan fingerprint density at radius 3 is 2.82 bits per heavy atom. The molecule has 3 nitrogen and oxygen atoms in total. The molecule has 1 amide bonds. The molecule has 2 aliphatic rings. The van der Waals surface area contributed by atoms with Crippen LogP contribution in [0, 0.1) is 0 Å². The van der Waals surface area contributed by atoms with E-state index in [0.29, 0.717) is 24.4 Å². The van der Waals surface area contributed by atoms with E-state index in [-0.39, 0.29) is 12.0 Å². The molecule has 90 valence electrons. The van der Waals surface area contributed by atoms with Crippen molar-refractivity contribution >= 4 is 23.2 Å². The van der Waals surface area contributed by atoms with Gasteiger partial charge in [-0.05, 0) is 43.5 Å². The van der Waals surface area contributed by atoms with Crippen LogP contribution in [-0.2, 0) is 10.2 Å². The van der Waals surface area contributed by atoms with Crippen molar-refractivity contribution in [1.82, 2.24) is 0 Å². The van der Waals surface area contributed by atoms with Crippen molar-refractivity contribution in [3.05, 3.63) is 28.8 Å². The van der Waals surface area contributed by atoms with Crippen LogP contribution in [0.4, 0.5) is 5.69 Å². The van der Waals surface area contributed by atoms with Gasteiger partial charge in [0.25, 0.3) is 0 Å². The van der Waals surface area contributed by atoms with E-state index in [1.165, 1.54) is 0 Å². The third kappa shape index (κ3) is 1.30. The topological polar surface area (TPSA) is 40.5 Å². The molecule has 1 fully saturated rings. The zero-order valence-electron chi connectivity index (χ0n) is 9.61. The predicted octanol–water partition coefficient (Wildman–Crippen LogP) is 2.10. The molecule has 0 aromatic heterocycles. The molecule has 1 spiro atoms. The molecule has 1 heterocycles. The Kier molecular flexibility index (Phi) is 2.25. The van der Waals surface area contributed by atoms with Crippen molar-refractivity contribution in [2.24, 2.45) is 0 Å². The van der Waals surface area contributed by atoms with Gasteiger partial charge < -0.3 is 10.0 Å². The molecule has 3 rings (SSSR count). The largest absolute Gasteiger partial charge is 0.393 e. The number of aliphatic hydroxyl groups excluding tert-OH is 1. The van der Waals surface area contributed by atoms with Crippen molar-refractivity contribution in [2.75, 3.05) is 11.4 Å². The lowest BCUT2D eigenvalue weighted by atomic mass is 9.63. The molecule has 0 unspecified atom stereocenters. The lowest BCUT2D eigenvalue weighted by Gasteiger charge is -2.41. The van der Waals surface area contributed by atoms with Crippen molar-refractivity contribution in [2.45, 2.75) is 31.3 Å². The van der Waals surface area contributed by atoms with Gasteiger partial charge in [-0.25, -0.2) is 0 Å². The summed E-state index contributed by atoms with van der Waals surface area (Å²) in [6.45, 7) is 2.62. The molecule has 1 N–H and O–H groups in total. The lowest BCUT2D eigenvalue weighted by molar-refractivity contribution is -0.130. The highest BCUT2D eigenvalue weighted by molar-refractivity contribution is 6.31. The number of hydrogen-bond acceptors (Lipinski definition) is 2. The van der Waals surface area contributed by atoms with E-state index in [1.54, 1.807) is 4.90 Å². The maximum absolute atomic E-state index is 12.4. The second-order valence-corrected chi connectivity index (χ2v) is 5.29. The summed E-state index contributed by atoms with van der Waals surface area (Å²) in [5.74, 6) is 0.113. The Balaban J connectivity index is 2.15. The molecule has 1 aromatic rings. The molecule has 1 saturated carbocycles. The number of benzene rings is 1. The first-order valence-corrected chi connectivity index (χ1v) is 6.26. The molecule has 0 bridgehead atoms. The first-order valence-electron chi connectivity index (χ1n) is 5.88. The van der Waals surface area contributed by atoms with Crippen LogP contribution in [0.25, 0.3) is 0 Å².